The Bertz CT molecular complexity index is 197. The molecule has 1 fully saturated rings. The molecule has 2 nitrogen and oxygen atoms in total. The van der Waals surface area contributed by atoms with Crippen LogP contribution >= 0.6 is 11.6 Å². The van der Waals surface area contributed by atoms with Crippen molar-refractivity contribution in [3.8, 4) is 0 Å². The van der Waals surface area contributed by atoms with Gasteiger partial charge in [-0.3, -0.25) is 4.90 Å². The normalized spacial score (nSPS) is 19.6. The van der Waals surface area contributed by atoms with Crippen LogP contribution in [0.1, 0.15) is 39.5 Å². The van der Waals surface area contributed by atoms with Gasteiger partial charge in [-0.05, 0) is 51.0 Å². The number of hydrogen-bond acceptors (Lipinski definition) is 2. The molecule has 0 saturated heterocycles. The van der Waals surface area contributed by atoms with Gasteiger partial charge in [0.15, 0.2) is 0 Å². The summed E-state index contributed by atoms with van der Waals surface area (Å²) in [5, 5.41) is 0. The number of methoxy groups -OCH3 is 1. The fraction of sp³-hybridized carbons (Fsp3) is 1.00. The van der Waals surface area contributed by atoms with E-state index in [2.05, 4.69) is 18.7 Å². The molecule has 1 aliphatic carbocycles. The molecule has 0 amide bonds. The third kappa shape index (κ3) is 6.08. The van der Waals surface area contributed by atoms with Crippen molar-refractivity contribution >= 4 is 11.6 Å². The molecule has 2 atom stereocenters. The van der Waals surface area contributed by atoms with Gasteiger partial charge in [-0.1, -0.05) is 6.92 Å². The number of rotatable bonds is 10. The van der Waals surface area contributed by atoms with E-state index >= 15 is 0 Å². The molecule has 0 bridgehead atoms. The lowest BCUT2D eigenvalue weighted by Crippen LogP contribution is -2.38. The lowest BCUT2D eigenvalue weighted by atomic mass is 10.0. The minimum Gasteiger partial charge on any atom is -0.383 e. The molecule has 1 saturated carbocycles. The molecule has 0 aromatic heterocycles. The quantitative estimate of drug-likeness (QED) is 0.559. The average molecular weight is 262 g/mol. The molecule has 0 radical (unpaired) electrons. The van der Waals surface area contributed by atoms with E-state index in [0.29, 0.717) is 0 Å². The van der Waals surface area contributed by atoms with Crippen molar-refractivity contribution in [1.29, 1.82) is 0 Å². The number of nitrogens with zero attached hydrogens (tertiary/aromatic N) is 1. The second-order valence-corrected chi connectivity index (χ2v) is 5.86. The van der Waals surface area contributed by atoms with Crippen LogP contribution in [0.5, 0.6) is 0 Å². The summed E-state index contributed by atoms with van der Waals surface area (Å²) in [6.07, 6.45) is 5.23. The minimum atomic E-state index is 0.730. The Balaban J connectivity index is 2.28. The molecule has 3 heteroatoms. The molecule has 2 unspecified atom stereocenters. The summed E-state index contributed by atoms with van der Waals surface area (Å²) < 4.78 is 5.21. The maximum atomic E-state index is 5.78. The van der Waals surface area contributed by atoms with E-state index in [9.17, 15) is 0 Å². The van der Waals surface area contributed by atoms with Crippen LogP contribution in [0, 0.1) is 11.8 Å². The van der Waals surface area contributed by atoms with Gasteiger partial charge in [-0.15, -0.1) is 11.6 Å². The van der Waals surface area contributed by atoms with E-state index in [1.165, 1.54) is 25.8 Å². The largest absolute Gasteiger partial charge is 0.383 e. The van der Waals surface area contributed by atoms with Crippen molar-refractivity contribution < 1.29 is 4.74 Å². The first-order chi connectivity index (χ1) is 8.19. The maximum absolute atomic E-state index is 5.78. The Labute approximate surface area is 112 Å². The average Bonchev–Trinajstić information content (AvgIpc) is 3.12. The van der Waals surface area contributed by atoms with Crippen LogP contribution in [0.4, 0.5) is 0 Å². The highest BCUT2D eigenvalue weighted by Gasteiger charge is 2.31. The van der Waals surface area contributed by atoms with E-state index in [0.717, 1.165) is 43.3 Å². The Kier molecular flexibility index (Phi) is 7.49. The van der Waals surface area contributed by atoms with Crippen molar-refractivity contribution in [2.24, 2.45) is 11.8 Å². The summed E-state index contributed by atoms with van der Waals surface area (Å²) >= 11 is 5.78. The third-order valence-corrected chi connectivity index (χ3v) is 4.19. The van der Waals surface area contributed by atoms with Crippen LogP contribution in [0.25, 0.3) is 0 Å². The molecule has 0 aromatic carbocycles. The lowest BCUT2D eigenvalue weighted by Gasteiger charge is -2.30. The van der Waals surface area contributed by atoms with Gasteiger partial charge in [0.1, 0.15) is 0 Å². The van der Waals surface area contributed by atoms with E-state index in [1.54, 1.807) is 7.11 Å². The van der Waals surface area contributed by atoms with Gasteiger partial charge in [-0.2, -0.15) is 0 Å². The van der Waals surface area contributed by atoms with Gasteiger partial charge >= 0.3 is 0 Å². The van der Waals surface area contributed by atoms with Crippen molar-refractivity contribution in [2.75, 3.05) is 32.7 Å². The first-order valence-corrected chi connectivity index (χ1v) is 7.51. The number of halogens is 1. The number of alkyl halides is 1. The van der Waals surface area contributed by atoms with Crippen LogP contribution in [-0.2, 0) is 4.74 Å². The summed E-state index contributed by atoms with van der Waals surface area (Å²) in [4.78, 5) is 2.60. The second-order valence-electron chi connectivity index (χ2n) is 5.48. The van der Waals surface area contributed by atoms with E-state index in [-0.39, 0.29) is 0 Å². The molecule has 0 N–H and O–H groups in total. The zero-order valence-corrected chi connectivity index (χ0v) is 12.4. The molecular formula is C14H28ClNO. The first-order valence-electron chi connectivity index (χ1n) is 6.98. The highest BCUT2D eigenvalue weighted by atomic mass is 35.5. The predicted octanol–water partition coefficient (Wildman–Crippen LogP) is 3.39. The molecular weight excluding hydrogens is 234 g/mol. The smallest absolute Gasteiger partial charge is 0.0589 e. The number of hydrogen-bond donors (Lipinski definition) is 0. The summed E-state index contributed by atoms with van der Waals surface area (Å²) in [6, 6.07) is 0.730. The monoisotopic (exact) mass is 261 g/mol. The Morgan fingerprint density at radius 1 is 1.24 bits per heavy atom. The molecule has 0 spiro atoms. The van der Waals surface area contributed by atoms with E-state index in [1.807, 2.05) is 0 Å². The summed E-state index contributed by atoms with van der Waals surface area (Å²) in [5.74, 6) is 2.47. The van der Waals surface area contributed by atoms with Gasteiger partial charge in [0.25, 0.3) is 0 Å². The van der Waals surface area contributed by atoms with Crippen molar-refractivity contribution in [3.05, 3.63) is 0 Å². The van der Waals surface area contributed by atoms with Crippen molar-refractivity contribution in [1.82, 2.24) is 4.90 Å². The van der Waals surface area contributed by atoms with Gasteiger partial charge in [0.2, 0.25) is 0 Å². The lowest BCUT2D eigenvalue weighted by molar-refractivity contribution is 0.112. The zero-order chi connectivity index (χ0) is 12.7. The van der Waals surface area contributed by atoms with Gasteiger partial charge < -0.3 is 4.74 Å². The molecule has 17 heavy (non-hydrogen) atoms. The van der Waals surface area contributed by atoms with Crippen molar-refractivity contribution in [3.63, 3.8) is 0 Å². The van der Waals surface area contributed by atoms with Gasteiger partial charge in [0, 0.05) is 25.6 Å². The van der Waals surface area contributed by atoms with E-state index in [4.69, 9.17) is 16.3 Å². The van der Waals surface area contributed by atoms with E-state index < -0.39 is 0 Å². The standard InChI is InChI=1S/C14H28ClNO/c1-12(6-8-15)7-9-16(10-11-17-3)13(2)14-4-5-14/h12-14H,4-11H2,1-3H3. The summed E-state index contributed by atoms with van der Waals surface area (Å²) in [6.45, 7) is 7.79. The molecule has 0 heterocycles. The Morgan fingerprint density at radius 2 is 1.94 bits per heavy atom. The SMILES string of the molecule is COCCN(CCC(C)CCCl)C(C)C1CC1. The van der Waals surface area contributed by atoms with Crippen molar-refractivity contribution in [2.45, 2.75) is 45.6 Å². The van der Waals surface area contributed by atoms with Gasteiger partial charge in [-0.25, -0.2) is 0 Å². The fourth-order valence-electron chi connectivity index (χ4n) is 2.32. The topological polar surface area (TPSA) is 12.5 Å². The Hall–Kier alpha value is 0.210. The Morgan fingerprint density at radius 3 is 2.47 bits per heavy atom. The molecule has 0 aliphatic heterocycles. The highest BCUT2D eigenvalue weighted by molar-refractivity contribution is 6.17. The molecule has 102 valence electrons. The second kappa shape index (κ2) is 8.34. The summed E-state index contributed by atoms with van der Waals surface area (Å²) in [7, 11) is 1.79. The summed E-state index contributed by atoms with van der Waals surface area (Å²) in [5.41, 5.74) is 0. The molecule has 1 aliphatic rings. The van der Waals surface area contributed by atoms with Crippen LogP contribution in [-0.4, -0.2) is 43.6 Å². The van der Waals surface area contributed by atoms with Crippen LogP contribution in [0.3, 0.4) is 0 Å². The number of ether oxygens (including phenoxy) is 1. The van der Waals surface area contributed by atoms with Crippen LogP contribution in [0.15, 0.2) is 0 Å². The highest BCUT2D eigenvalue weighted by Crippen LogP contribution is 2.35. The molecule has 0 aromatic rings. The van der Waals surface area contributed by atoms with Crippen LogP contribution < -0.4 is 0 Å². The third-order valence-electron chi connectivity index (χ3n) is 3.97. The fourth-order valence-corrected chi connectivity index (χ4v) is 2.69. The zero-order valence-electron chi connectivity index (χ0n) is 11.6. The molecule has 1 rings (SSSR count). The predicted molar refractivity (Wildman–Crippen MR) is 74.8 cm³/mol. The minimum absolute atomic E-state index is 0.730. The van der Waals surface area contributed by atoms with Crippen LogP contribution in [0.2, 0.25) is 0 Å². The van der Waals surface area contributed by atoms with Gasteiger partial charge in [0.05, 0.1) is 6.61 Å². The first kappa shape index (κ1) is 15.3. The maximum Gasteiger partial charge on any atom is 0.0589 e.